The van der Waals surface area contributed by atoms with E-state index in [0.29, 0.717) is 18.9 Å². The number of nitrogens with one attached hydrogen (secondary N) is 1. The summed E-state index contributed by atoms with van der Waals surface area (Å²) in [6.45, 7) is 5.80. The van der Waals surface area contributed by atoms with E-state index in [1.165, 1.54) is 5.56 Å². The molecule has 2 unspecified atom stereocenters. The molecular formula is C24H34N4O3. The lowest BCUT2D eigenvalue weighted by Crippen LogP contribution is -2.36. The molecule has 3 rings (SSSR count). The maximum atomic E-state index is 12.2. The van der Waals surface area contributed by atoms with Crippen LogP contribution >= 0.6 is 0 Å². The van der Waals surface area contributed by atoms with E-state index in [0.717, 1.165) is 38.3 Å². The summed E-state index contributed by atoms with van der Waals surface area (Å²) in [6.07, 6.45) is 3.78. The van der Waals surface area contributed by atoms with Gasteiger partial charge in [0.15, 0.2) is 0 Å². The molecule has 0 radical (unpaired) electrons. The molecule has 1 N–H and O–H groups in total. The van der Waals surface area contributed by atoms with Gasteiger partial charge in [0.25, 0.3) is 5.91 Å². The van der Waals surface area contributed by atoms with Crippen molar-refractivity contribution < 1.29 is 14.3 Å². The SMILES string of the molecule is CCCNC(=O)c1ccc(N(C)C(CN2CCC(OCOC)C2)c2ccccc2)nc1. The Labute approximate surface area is 185 Å². The van der Waals surface area contributed by atoms with Crippen molar-refractivity contribution in [3.8, 4) is 0 Å². The molecule has 1 saturated heterocycles. The highest BCUT2D eigenvalue weighted by atomic mass is 16.7. The third-order valence-electron chi connectivity index (χ3n) is 5.64. The second-order valence-electron chi connectivity index (χ2n) is 7.94. The van der Waals surface area contributed by atoms with Crippen molar-refractivity contribution in [1.29, 1.82) is 0 Å². The maximum absolute atomic E-state index is 12.2. The number of likely N-dealkylation sites (N-methyl/N-ethyl adjacent to an activating group) is 1. The number of pyridine rings is 1. The Hall–Kier alpha value is -2.48. The number of aromatic nitrogens is 1. The number of methoxy groups -OCH3 is 1. The van der Waals surface area contributed by atoms with E-state index < -0.39 is 0 Å². The average molecular weight is 427 g/mol. The molecule has 1 aromatic heterocycles. The van der Waals surface area contributed by atoms with Gasteiger partial charge in [0.05, 0.1) is 17.7 Å². The smallest absolute Gasteiger partial charge is 0.252 e. The quantitative estimate of drug-likeness (QED) is 0.557. The van der Waals surface area contributed by atoms with Crippen LogP contribution in [0.1, 0.15) is 41.7 Å². The molecule has 1 aliphatic heterocycles. The largest absolute Gasteiger partial charge is 0.359 e. The van der Waals surface area contributed by atoms with Crippen molar-refractivity contribution in [2.24, 2.45) is 0 Å². The van der Waals surface area contributed by atoms with Crippen LogP contribution in [0.25, 0.3) is 0 Å². The summed E-state index contributed by atoms with van der Waals surface area (Å²) in [5.41, 5.74) is 1.82. The number of carbonyl (C=O) groups excluding carboxylic acids is 1. The Morgan fingerprint density at radius 2 is 2.10 bits per heavy atom. The van der Waals surface area contributed by atoms with E-state index in [1.807, 2.05) is 25.1 Å². The van der Waals surface area contributed by atoms with Gasteiger partial charge in [0, 0.05) is 46.5 Å². The molecule has 0 aliphatic carbocycles. The number of anilines is 1. The first-order valence-corrected chi connectivity index (χ1v) is 11.0. The van der Waals surface area contributed by atoms with Gasteiger partial charge in [0.1, 0.15) is 12.6 Å². The summed E-state index contributed by atoms with van der Waals surface area (Å²) in [6, 6.07) is 14.4. The normalized spacial score (nSPS) is 17.5. The number of carbonyl (C=O) groups is 1. The zero-order valence-electron chi connectivity index (χ0n) is 18.8. The first-order valence-electron chi connectivity index (χ1n) is 11.0. The van der Waals surface area contributed by atoms with E-state index in [1.54, 1.807) is 13.3 Å². The molecule has 2 aromatic rings. The number of benzene rings is 1. The van der Waals surface area contributed by atoms with Crippen LogP contribution in [0.4, 0.5) is 5.82 Å². The highest BCUT2D eigenvalue weighted by molar-refractivity contribution is 5.94. The summed E-state index contributed by atoms with van der Waals surface area (Å²) in [4.78, 5) is 21.4. The second kappa shape index (κ2) is 11.8. The molecule has 7 heteroatoms. The van der Waals surface area contributed by atoms with Crippen LogP contribution < -0.4 is 10.2 Å². The molecule has 31 heavy (non-hydrogen) atoms. The topological polar surface area (TPSA) is 66.9 Å². The molecule has 1 fully saturated rings. The Bertz CT molecular complexity index is 800. The van der Waals surface area contributed by atoms with Crippen molar-refractivity contribution in [2.75, 3.05) is 52.0 Å². The Balaban J connectivity index is 1.71. The minimum Gasteiger partial charge on any atom is -0.359 e. The molecular weight excluding hydrogens is 392 g/mol. The molecule has 1 aromatic carbocycles. The molecule has 168 valence electrons. The zero-order chi connectivity index (χ0) is 22.1. The predicted octanol–water partition coefficient (Wildman–Crippen LogP) is 3.09. The van der Waals surface area contributed by atoms with Crippen LogP contribution in [-0.4, -0.2) is 69.0 Å². The third-order valence-corrected chi connectivity index (χ3v) is 5.64. The number of amides is 1. The zero-order valence-corrected chi connectivity index (χ0v) is 18.8. The van der Waals surface area contributed by atoms with E-state index in [9.17, 15) is 4.79 Å². The van der Waals surface area contributed by atoms with Gasteiger partial charge < -0.3 is 19.7 Å². The monoisotopic (exact) mass is 426 g/mol. The van der Waals surface area contributed by atoms with E-state index in [4.69, 9.17) is 9.47 Å². The van der Waals surface area contributed by atoms with Crippen LogP contribution in [0.5, 0.6) is 0 Å². The molecule has 1 aliphatic rings. The number of hydrogen-bond acceptors (Lipinski definition) is 6. The van der Waals surface area contributed by atoms with Gasteiger partial charge in [0.2, 0.25) is 0 Å². The number of hydrogen-bond donors (Lipinski definition) is 1. The molecule has 0 spiro atoms. The number of likely N-dealkylation sites (tertiary alicyclic amines) is 1. The Morgan fingerprint density at radius 3 is 2.77 bits per heavy atom. The second-order valence-corrected chi connectivity index (χ2v) is 7.94. The fraction of sp³-hybridized carbons (Fsp3) is 0.500. The lowest BCUT2D eigenvalue weighted by atomic mass is 10.0. The van der Waals surface area contributed by atoms with Crippen LogP contribution in [0.15, 0.2) is 48.7 Å². The standard InChI is InChI=1S/C24H34N4O3/c1-4-13-25-24(29)20-10-11-23(26-15-20)27(2)22(19-8-6-5-7-9-19)17-28-14-12-21(16-28)31-18-30-3/h5-11,15,21-22H,4,12-14,16-18H2,1-3H3,(H,25,29). The van der Waals surface area contributed by atoms with E-state index >= 15 is 0 Å². The first kappa shape index (κ1) is 23.2. The summed E-state index contributed by atoms with van der Waals surface area (Å²) in [5.74, 6) is 0.759. The van der Waals surface area contributed by atoms with Gasteiger partial charge in [-0.25, -0.2) is 4.98 Å². The fourth-order valence-corrected chi connectivity index (χ4v) is 3.86. The van der Waals surface area contributed by atoms with Gasteiger partial charge in [-0.1, -0.05) is 37.3 Å². The highest BCUT2D eigenvalue weighted by Gasteiger charge is 2.28. The van der Waals surface area contributed by atoms with Gasteiger partial charge in [-0.15, -0.1) is 0 Å². The van der Waals surface area contributed by atoms with Crippen LogP contribution in [0, 0.1) is 0 Å². The van der Waals surface area contributed by atoms with Gasteiger partial charge in [-0.05, 0) is 30.5 Å². The van der Waals surface area contributed by atoms with Crippen molar-refractivity contribution in [1.82, 2.24) is 15.2 Å². The molecule has 7 nitrogen and oxygen atoms in total. The van der Waals surface area contributed by atoms with Crippen molar-refractivity contribution in [3.05, 3.63) is 59.8 Å². The van der Waals surface area contributed by atoms with Crippen molar-refractivity contribution >= 4 is 11.7 Å². The lowest BCUT2D eigenvalue weighted by Gasteiger charge is -2.33. The number of ether oxygens (including phenoxy) is 2. The summed E-state index contributed by atoms with van der Waals surface area (Å²) >= 11 is 0. The fourth-order valence-electron chi connectivity index (χ4n) is 3.86. The number of rotatable bonds is 11. The Morgan fingerprint density at radius 1 is 1.29 bits per heavy atom. The van der Waals surface area contributed by atoms with Crippen molar-refractivity contribution in [3.63, 3.8) is 0 Å². The summed E-state index contributed by atoms with van der Waals surface area (Å²) < 4.78 is 10.8. The minimum absolute atomic E-state index is 0.0812. The van der Waals surface area contributed by atoms with Crippen molar-refractivity contribution in [2.45, 2.75) is 31.9 Å². The molecule has 0 saturated carbocycles. The number of nitrogens with zero attached hydrogens (tertiary/aromatic N) is 3. The van der Waals surface area contributed by atoms with Gasteiger partial charge >= 0.3 is 0 Å². The van der Waals surface area contributed by atoms with Crippen LogP contribution in [0.2, 0.25) is 0 Å². The van der Waals surface area contributed by atoms with Gasteiger partial charge in [-0.3, -0.25) is 9.69 Å². The van der Waals surface area contributed by atoms with Crippen LogP contribution in [-0.2, 0) is 9.47 Å². The summed E-state index contributed by atoms with van der Waals surface area (Å²) in [7, 11) is 3.71. The summed E-state index contributed by atoms with van der Waals surface area (Å²) in [5, 5.41) is 2.89. The Kier molecular flexibility index (Phi) is 8.82. The average Bonchev–Trinajstić information content (AvgIpc) is 3.27. The predicted molar refractivity (Wildman–Crippen MR) is 122 cm³/mol. The minimum atomic E-state index is -0.0812. The third kappa shape index (κ3) is 6.50. The van der Waals surface area contributed by atoms with E-state index in [-0.39, 0.29) is 18.1 Å². The lowest BCUT2D eigenvalue weighted by molar-refractivity contribution is -0.0671. The van der Waals surface area contributed by atoms with E-state index in [2.05, 4.69) is 51.4 Å². The van der Waals surface area contributed by atoms with Gasteiger partial charge in [-0.2, -0.15) is 0 Å². The van der Waals surface area contributed by atoms with Crippen LogP contribution in [0.3, 0.4) is 0 Å². The molecule has 2 atom stereocenters. The maximum Gasteiger partial charge on any atom is 0.252 e. The highest BCUT2D eigenvalue weighted by Crippen LogP contribution is 2.27. The first-order chi connectivity index (χ1) is 15.1. The molecule has 0 bridgehead atoms. The molecule has 1 amide bonds. The molecule has 2 heterocycles.